The van der Waals surface area contributed by atoms with Crippen molar-refractivity contribution in [2.45, 2.75) is 46.6 Å². The van der Waals surface area contributed by atoms with E-state index in [9.17, 15) is 19.5 Å². The highest BCUT2D eigenvalue weighted by Gasteiger charge is 2.19. The van der Waals surface area contributed by atoms with Crippen LogP contribution in [0.15, 0.2) is 58.1 Å². The summed E-state index contributed by atoms with van der Waals surface area (Å²) in [6.07, 6.45) is 0.111. The molecule has 0 fully saturated rings. The van der Waals surface area contributed by atoms with Gasteiger partial charge in [-0.25, -0.2) is 14.2 Å². The average molecular weight is 487 g/mol. The Hall–Kier alpha value is -3.43. The summed E-state index contributed by atoms with van der Waals surface area (Å²) < 4.78 is 7.74. The zero-order valence-corrected chi connectivity index (χ0v) is 20.0. The molecule has 9 nitrogen and oxygen atoms in total. The standard InChI is InChI=1S/C24H27ClN4O5/c1-15(2)34-14-18-6-10-20(11-7-18)26-22-27-23(32)29(12-16(3)21(30)31)24(33)28(22)13-17-4-8-19(25)9-5-17/h4-11,15-16H,12-14H2,1-3H3,(H,30,31)(H,26,27,32)/t16-/m0/s1. The number of aromatic nitrogens is 3. The Balaban J connectivity index is 1.97. The third kappa shape index (κ3) is 6.55. The van der Waals surface area contributed by atoms with Crippen LogP contribution >= 0.6 is 11.6 Å². The van der Waals surface area contributed by atoms with Crippen molar-refractivity contribution in [3.63, 3.8) is 0 Å². The van der Waals surface area contributed by atoms with Crippen molar-refractivity contribution in [1.29, 1.82) is 0 Å². The Morgan fingerprint density at radius 3 is 2.24 bits per heavy atom. The number of nitrogens with one attached hydrogen (secondary N) is 1. The van der Waals surface area contributed by atoms with E-state index in [-0.39, 0.29) is 25.1 Å². The lowest BCUT2D eigenvalue weighted by Crippen LogP contribution is -2.44. The lowest BCUT2D eigenvalue weighted by molar-refractivity contribution is -0.141. The van der Waals surface area contributed by atoms with E-state index in [0.29, 0.717) is 17.3 Å². The molecule has 2 aromatic carbocycles. The van der Waals surface area contributed by atoms with E-state index in [4.69, 9.17) is 16.3 Å². The number of carboxylic acid groups (broad SMARTS) is 1. The molecule has 34 heavy (non-hydrogen) atoms. The first-order chi connectivity index (χ1) is 16.1. The normalized spacial score (nSPS) is 12.0. The van der Waals surface area contributed by atoms with Crippen LogP contribution in [0.5, 0.6) is 0 Å². The molecule has 2 N–H and O–H groups in total. The van der Waals surface area contributed by atoms with E-state index < -0.39 is 23.3 Å². The minimum Gasteiger partial charge on any atom is -0.481 e. The molecule has 0 aliphatic heterocycles. The van der Waals surface area contributed by atoms with Crippen molar-refractivity contribution in [3.05, 3.63) is 85.6 Å². The Bertz CT molecular complexity index is 1250. The van der Waals surface area contributed by atoms with Crippen LogP contribution < -0.4 is 16.7 Å². The first-order valence-corrected chi connectivity index (χ1v) is 11.2. The van der Waals surface area contributed by atoms with Gasteiger partial charge in [-0.3, -0.25) is 9.36 Å². The average Bonchev–Trinajstić information content (AvgIpc) is 2.79. The van der Waals surface area contributed by atoms with Crippen molar-refractivity contribution in [1.82, 2.24) is 14.1 Å². The van der Waals surface area contributed by atoms with Gasteiger partial charge in [0.15, 0.2) is 0 Å². The minimum atomic E-state index is -1.11. The quantitative estimate of drug-likeness (QED) is 0.450. The van der Waals surface area contributed by atoms with Crippen LogP contribution in [0, 0.1) is 5.92 Å². The zero-order valence-electron chi connectivity index (χ0n) is 19.2. The Morgan fingerprint density at radius 2 is 1.65 bits per heavy atom. The van der Waals surface area contributed by atoms with Crippen molar-refractivity contribution in [3.8, 4) is 0 Å². The maximum absolute atomic E-state index is 13.2. The molecule has 0 bridgehead atoms. The van der Waals surface area contributed by atoms with Crippen LogP contribution in [0.1, 0.15) is 31.9 Å². The molecule has 10 heteroatoms. The lowest BCUT2D eigenvalue weighted by atomic mass is 10.2. The molecule has 1 atom stereocenters. The summed E-state index contributed by atoms with van der Waals surface area (Å²) in [6, 6.07) is 14.3. The van der Waals surface area contributed by atoms with Crippen LogP contribution in [0.3, 0.4) is 0 Å². The second kappa shape index (κ2) is 11.1. The van der Waals surface area contributed by atoms with Gasteiger partial charge in [-0.05, 0) is 49.2 Å². The fourth-order valence-electron chi connectivity index (χ4n) is 3.12. The number of carboxylic acids is 1. The number of ether oxygens (including phenoxy) is 1. The topological polar surface area (TPSA) is 115 Å². The van der Waals surface area contributed by atoms with Gasteiger partial charge >= 0.3 is 17.3 Å². The second-order valence-electron chi connectivity index (χ2n) is 8.24. The van der Waals surface area contributed by atoms with Crippen LogP contribution in [0.25, 0.3) is 0 Å². The van der Waals surface area contributed by atoms with Gasteiger partial charge in [0.05, 0.1) is 25.2 Å². The fourth-order valence-corrected chi connectivity index (χ4v) is 3.25. The first kappa shape index (κ1) is 25.2. The number of halogens is 1. The SMILES string of the molecule is CC(C)OCc1ccc(Nc2nc(=O)n(C[C@H](C)C(=O)O)c(=O)n2Cc2ccc(Cl)cc2)cc1. The number of hydrogen-bond donors (Lipinski definition) is 2. The van der Waals surface area contributed by atoms with Crippen molar-refractivity contribution < 1.29 is 14.6 Å². The summed E-state index contributed by atoms with van der Waals surface area (Å²) in [7, 11) is 0. The van der Waals surface area contributed by atoms with Crippen molar-refractivity contribution in [2.75, 3.05) is 5.32 Å². The number of rotatable bonds is 10. The maximum Gasteiger partial charge on any atom is 0.354 e. The van der Waals surface area contributed by atoms with Crippen LogP contribution in [0.2, 0.25) is 5.02 Å². The van der Waals surface area contributed by atoms with Gasteiger partial charge in [0, 0.05) is 17.3 Å². The number of benzene rings is 2. The molecule has 0 radical (unpaired) electrons. The number of aliphatic carboxylic acids is 1. The van der Waals surface area contributed by atoms with Gasteiger partial charge < -0.3 is 15.2 Å². The second-order valence-corrected chi connectivity index (χ2v) is 8.68. The summed E-state index contributed by atoms with van der Waals surface area (Å²) in [4.78, 5) is 41.2. The number of carbonyl (C=O) groups is 1. The molecule has 0 unspecified atom stereocenters. The molecule has 0 aliphatic rings. The molecule has 0 saturated carbocycles. The van der Waals surface area contributed by atoms with E-state index in [1.807, 2.05) is 26.0 Å². The smallest absolute Gasteiger partial charge is 0.354 e. The molecular formula is C24H27ClN4O5. The first-order valence-electron chi connectivity index (χ1n) is 10.8. The molecule has 0 aliphatic carbocycles. The van der Waals surface area contributed by atoms with Crippen molar-refractivity contribution in [2.24, 2.45) is 5.92 Å². The minimum absolute atomic E-state index is 0.0513. The summed E-state index contributed by atoms with van der Waals surface area (Å²) in [6.45, 7) is 5.63. The highest BCUT2D eigenvalue weighted by Crippen LogP contribution is 2.17. The Kier molecular flexibility index (Phi) is 8.25. The Morgan fingerprint density at radius 1 is 1.03 bits per heavy atom. The van der Waals surface area contributed by atoms with Crippen LogP contribution in [-0.4, -0.2) is 31.3 Å². The number of hydrogen-bond acceptors (Lipinski definition) is 6. The van der Waals surface area contributed by atoms with E-state index in [2.05, 4.69) is 10.3 Å². The van der Waals surface area contributed by atoms with E-state index in [1.165, 1.54) is 11.5 Å². The summed E-state index contributed by atoms with van der Waals surface area (Å²) in [5.74, 6) is -2.00. The molecule has 3 aromatic rings. The molecule has 180 valence electrons. The summed E-state index contributed by atoms with van der Waals surface area (Å²) in [5, 5.41) is 12.8. The lowest BCUT2D eigenvalue weighted by Gasteiger charge is -2.17. The van der Waals surface area contributed by atoms with Crippen molar-refractivity contribution >= 4 is 29.2 Å². The summed E-state index contributed by atoms with van der Waals surface area (Å²) >= 11 is 5.97. The highest BCUT2D eigenvalue weighted by molar-refractivity contribution is 6.30. The van der Waals surface area contributed by atoms with E-state index >= 15 is 0 Å². The summed E-state index contributed by atoms with van der Waals surface area (Å²) in [5.41, 5.74) is 0.876. The predicted octanol–water partition coefficient (Wildman–Crippen LogP) is 3.50. The van der Waals surface area contributed by atoms with Gasteiger partial charge in [0.2, 0.25) is 5.95 Å². The third-order valence-corrected chi connectivity index (χ3v) is 5.33. The predicted molar refractivity (Wildman–Crippen MR) is 130 cm³/mol. The highest BCUT2D eigenvalue weighted by atomic mass is 35.5. The zero-order chi connectivity index (χ0) is 24.8. The molecular weight excluding hydrogens is 460 g/mol. The van der Waals surface area contributed by atoms with E-state index in [0.717, 1.165) is 15.7 Å². The van der Waals surface area contributed by atoms with Gasteiger partial charge in [-0.2, -0.15) is 4.98 Å². The van der Waals surface area contributed by atoms with Gasteiger partial charge in [-0.1, -0.05) is 42.8 Å². The molecule has 0 saturated heterocycles. The molecule has 1 aromatic heterocycles. The largest absolute Gasteiger partial charge is 0.481 e. The third-order valence-electron chi connectivity index (χ3n) is 5.08. The fraction of sp³-hybridized carbons (Fsp3) is 0.333. The Labute approximate surface area is 201 Å². The van der Waals surface area contributed by atoms with E-state index in [1.54, 1.807) is 36.4 Å². The van der Waals surface area contributed by atoms with Gasteiger partial charge in [0.1, 0.15) is 0 Å². The molecule has 0 amide bonds. The number of nitrogens with zero attached hydrogens (tertiary/aromatic N) is 3. The number of anilines is 2. The monoisotopic (exact) mass is 486 g/mol. The van der Waals surface area contributed by atoms with Gasteiger partial charge in [-0.15, -0.1) is 0 Å². The van der Waals surface area contributed by atoms with Crippen LogP contribution in [-0.2, 0) is 29.2 Å². The molecule has 1 heterocycles. The molecule has 3 rings (SSSR count). The molecule has 0 spiro atoms. The maximum atomic E-state index is 13.2. The van der Waals surface area contributed by atoms with Crippen LogP contribution in [0.4, 0.5) is 11.6 Å². The van der Waals surface area contributed by atoms with Gasteiger partial charge in [0.25, 0.3) is 0 Å².